The van der Waals surface area contributed by atoms with Crippen LogP contribution in [0.25, 0.3) is 0 Å². The number of piperidine rings is 1. The Labute approximate surface area is 202 Å². The maximum Gasteiger partial charge on any atom is 0.412 e. The lowest BCUT2D eigenvalue weighted by atomic mass is 9.88. The topological polar surface area (TPSA) is 60.5 Å². The van der Waals surface area contributed by atoms with Crippen molar-refractivity contribution in [1.29, 1.82) is 0 Å². The van der Waals surface area contributed by atoms with Crippen molar-refractivity contribution in [3.8, 4) is 5.75 Å². The number of ether oxygens (including phenoxy) is 4. The minimum absolute atomic E-state index is 0.133. The quantitative estimate of drug-likeness (QED) is 0.633. The van der Waals surface area contributed by atoms with E-state index < -0.39 is 5.60 Å². The van der Waals surface area contributed by atoms with Gasteiger partial charge in [-0.25, -0.2) is 9.18 Å². The average molecular weight is 479 g/mol. The van der Waals surface area contributed by atoms with Crippen LogP contribution in [0.1, 0.15) is 64.4 Å². The van der Waals surface area contributed by atoms with Gasteiger partial charge in [0, 0.05) is 31.0 Å². The van der Waals surface area contributed by atoms with Crippen molar-refractivity contribution >= 4 is 6.09 Å². The number of amides is 1. The molecule has 4 rings (SSSR count). The molecule has 1 aromatic rings. The summed E-state index contributed by atoms with van der Waals surface area (Å²) in [5, 5.41) is 0. The first kappa shape index (κ1) is 25.2. The van der Waals surface area contributed by atoms with E-state index in [0.29, 0.717) is 26.4 Å². The van der Waals surface area contributed by atoms with Crippen LogP contribution in [-0.4, -0.2) is 79.8 Å². The second-order valence-corrected chi connectivity index (χ2v) is 10.6. The maximum absolute atomic E-state index is 14.2. The highest BCUT2D eigenvalue weighted by Gasteiger charge is 2.31. The van der Waals surface area contributed by atoms with E-state index in [4.69, 9.17) is 18.9 Å². The maximum atomic E-state index is 14.2. The molecule has 3 saturated heterocycles. The molecule has 0 bridgehead atoms. The minimum Gasteiger partial charge on any atom is -0.490 e. The first-order chi connectivity index (χ1) is 16.3. The Balaban J connectivity index is 1.32. The first-order valence-electron chi connectivity index (χ1n) is 12.6. The Morgan fingerprint density at radius 1 is 1.03 bits per heavy atom. The Morgan fingerprint density at radius 2 is 1.76 bits per heavy atom. The minimum atomic E-state index is -0.519. The predicted molar refractivity (Wildman–Crippen MR) is 127 cm³/mol. The number of carbonyl (C=O) groups is 1. The molecule has 1 aromatic carbocycles. The van der Waals surface area contributed by atoms with Gasteiger partial charge in [0.15, 0.2) is 0 Å². The third kappa shape index (κ3) is 6.83. The zero-order valence-corrected chi connectivity index (χ0v) is 20.8. The molecule has 1 atom stereocenters. The van der Waals surface area contributed by atoms with Gasteiger partial charge in [-0.1, -0.05) is 0 Å². The van der Waals surface area contributed by atoms with Crippen molar-refractivity contribution in [3.63, 3.8) is 0 Å². The standard InChI is InChI=1S/C26H39FN2O5/c1-26(2,3)34-25(30)29-13-8-21(17-32-18-29)28-11-6-19(7-12-28)23-16-20(27)4-5-24(23)33-22-9-14-31-15-10-22/h4-5,16,19,21-22H,6-15,17-18H2,1-3H3/t21-/m0/s1. The number of benzene rings is 1. The molecule has 190 valence electrons. The van der Waals surface area contributed by atoms with Crippen molar-refractivity contribution < 1.29 is 28.1 Å². The van der Waals surface area contributed by atoms with E-state index in [0.717, 1.165) is 56.5 Å². The lowest BCUT2D eigenvalue weighted by molar-refractivity contribution is -0.00974. The summed E-state index contributed by atoms with van der Waals surface area (Å²) >= 11 is 0. The van der Waals surface area contributed by atoms with E-state index in [-0.39, 0.29) is 36.7 Å². The molecule has 3 fully saturated rings. The molecular weight excluding hydrogens is 439 g/mol. The lowest BCUT2D eigenvalue weighted by Gasteiger charge is -2.37. The molecule has 0 aromatic heterocycles. The third-order valence-electron chi connectivity index (χ3n) is 6.86. The van der Waals surface area contributed by atoms with Crippen molar-refractivity contribution in [3.05, 3.63) is 29.6 Å². The Morgan fingerprint density at radius 3 is 2.47 bits per heavy atom. The number of hydrogen-bond acceptors (Lipinski definition) is 6. The number of nitrogens with zero attached hydrogens (tertiary/aromatic N) is 2. The van der Waals surface area contributed by atoms with Crippen LogP contribution in [0.5, 0.6) is 5.75 Å². The summed E-state index contributed by atoms with van der Waals surface area (Å²) in [7, 11) is 0. The fraction of sp³-hybridized carbons (Fsp3) is 0.731. The Hall–Kier alpha value is -1.90. The molecule has 7 nitrogen and oxygen atoms in total. The predicted octanol–water partition coefficient (Wildman–Crippen LogP) is 4.55. The number of halogens is 1. The number of hydrogen-bond donors (Lipinski definition) is 0. The van der Waals surface area contributed by atoms with Crippen LogP contribution in [0, 0.1) is 5.82 Å². The molecule has 0 N–H and O–H groups in total. The van der Waals surface area contributed by atoms with Crippen LogP contribution in [0.3, 0.4) is 0 Å². The van der Waals surface area contributed by atoms with Crippen LogP contribution in [0.15, 0.2) is 18.2 Å². The van der Waals surface area contributed by atoms with Crippen molar-refractivity contribution in [2.45, 2.75) is 76.5 Å². The van der Waals surface area contributed by atoms with Gasteiger partial charge in [-0.3, -0.25) is 9.80 Å². The van der Waals surface area contributed by atoms with Gasteiger partial charge < -0.3 is 18.9 Å². The average Bonchev–Trinajstić information content (AvgIpc) is 3.07. The van der Waals surface area contributed by atoms with Crippen LogP contribution < -0.4 is 4.74 Å². The fourth-order valence-corrected chi connectivity index (χ4v) is 5.00. The second kappa shape index (κ2) is 11.2. The van der Waals surface area contributed by atoms with Gasteiger partial charge in [0.25, 0.3) is 0 Å². The van der Waals surface area contributed by atoms with E-state index in [1.54, 1.807) is 17.0 Å². The smallest absolute Gasteiger partial charge is 0.412 e. The van der Waals surface area contributed by atoms with Crippen LogP contribution in [0.4, 0.5) is 9.18 Å². The normalized spacial score (nSPS) is 24.0. The van der Waals surface area contributed by atoms with Gasteiger partial charge in [-0.2, -0.15) is 0 Å². The van der Waals surface area contributed by atoms with E-state index >= 15 is 0 Å². The zero-order chi connectivity index (χ0) is 24.1. The van der Waals surface area contributed by atoms with Crippen molar-refractivity contribution in [2.24, 2.45) is 0 Å². The third-order valence-corrected chi connectivity index (χ3v) is 6.86. The number of likely N-dealkylation sites (tertiary alicyclic amines) is 1. The van der Waals surface area contributed by atoms with Gasteiger partial charge in [-0.15, -0.1) is 0 Å². The molecule has 1 amide bonds. The summed E-state index contributed by atoms with van der Waals surface area (Å²) in [5.74, 6) is 0.875. The molecule has 3 heterocycles. The molecule has 3 aliphatic heterocycles. The second-order valence-electron chi connectivity index (χ2n) is 10.6. The molecular formula is C26H39FN2O5. The highest BCUT2D eigenvalue weighted by Crippen LogP contribution is 2.36. The summed E-state index contributed by atoms with van der Waals surface area (Å²) in [4.78, 5) is 16.5. The van der Waals surface area contributed by atoms with E-state index in [1.807, 2.05) is 20.8 Å². The molecule has 34 heavy (non-hydrogen) atoms. The van der Waals surface area contributed by atoms with Crippen molar-refractivity contribution in [1.82, 2.24) is 9.80 Å². The summed E-state index contributed by atoms with van der Waals surface area (Å²) < 4.78 is 37.2. The first-order valence-corrected chi connectivity index (χ1v) is 12.6. The fourth-order valence-electron chi connectivity index (χ4n) is 5.00. The van der Waals surface area contributed by atoms with E-state index in [1.165, 1.54) is 6.07 Å². The van der Waals surface area contributed by atoms with Gasteiger partial charge in [0.05, 0.1) is 19.8 Å². The number of carbonyl (C=O) groups excluding carboxylic acids is 1. The molecule has 0 radical (unpaired) electrons. The summed E-state index contributed by atoms with van der Waals surface area (Å²) in [6.45, 7) is 10.4. The highest BCUT2D eigenvalue weighted by molar-refractivity contribution is 5.67. The largest absolute Gasteiger partial charge is 0.490 e. The molecule has 0 unspecified atom stereocenters. The van der Waals surface area contributed by atoms with E-state index in [2.05, 4.69) is 4.90 Å². The monoisotopic (exact) mass is 478 g/mol. The van der Waals surface area contributed by atoms with Crippen LogP contribution in [0.2, 0.25) is 0 Å². The molecule has 3 aliphatic rings. The molecule has 0 saturated carbocycles. The van der Waals surface area contributed by atoms with Gasteiger partial charge in [-0.05, 0) is 77.2 Å². The SMILES string of the molecule is CC(C)(C)OC(=O)N1CC[C@H](N2CCC(c3cc(F)ccc3OC3CCOCC3)CC2)COC1. The summed E-state index contributed by atoms with van der Waals surface area (Å²) in [5.41, 5.74) is 0.467. The highest BCUT2D eigenvalue weighted by atomic mass is 19.1. The zero-order valence-electron chi connectivity index (χ0n) is 20.8. The molecule has 0 spiro atoms. The molecule has 0 aliphatic carbocycles. The Kier molecular flexibility index (Phi) is 8.32. The van der Waals surface area contributed by atoms with Gasteiger partial charge in [0.1, 0.15) is 30.0 Å². The van der Waals surface area contributed by atoms with Crippen molar-refractivity contribution in [2.75, 3.05) is 46.2 Å². The Bertz CT molecular complexity index is 816. The van der Waals surface area contributed by atoms with Gasteiger partial charge in [0.2, 0.25) is 0 Å². The van der Waals surface area contributed by atoms with Crippen LogP contribution in [-0.2, 0) is 14.2 Å². The lowest BCUT2D eigenvalue weighted by Crippen LogP contribution is -2.43. The van der Waals surface area contributed by atoms with Gasteiger partial charge >= 0.3 is 6.09 Å². The summed E-state index contributed by atoms with van der Waals surface area (Å²) in [6.07, 6.45) is 4.29. The summed E-state index contributed by atoms with van der Waals surface area (Å²) in [6, 6.07) is 5.20. The van der Waals surface area contributed by atoms with E-state index in [9.17, 15) is 9.18 Å². The number of rotatable bonds is 4. The molecule has 8 heteroatoms. The van der Waals surface area contributed by atoms with Crippen LogP contribution >= 0.6 is 0 Å².